The van der Waals surface area contributed by atoms with Crippen molar-refractivity contribution in [1.29, 1.82) is 0 Å². The zero-order valence-electron chi connectivity index (χ0n) is 8.58. The van der Waals surface area contributed by atoms with Gasteiger partial charge in [-0.2, -0.15) is 0 Å². The van der Waals surface area contributed by atoms with Gasteiger partial charge in [-0.05, 0) is 6.07 Å². The van der Waals surface area contributed by atoms with Crippen molar-refractivity contribution in [3.8, 4) is 0 Å². The molecule has 0 fully saturated rings. The first-order chi connectivity index (χ1) is 7.65. The highest BCUT2D eigenvalue weighted by Gasteiger charge is 2.35. The highest BCUT2D eigenvalue weighted by Crippen LogP contribution is 2.31. The van der Waals surface area contributed by atoms with Crippen molar-refractivity contribution in [3.05, 3.63) is 35.4 Å². The molecule has 5 heteroatoms. The standard InChI is InChI=1S/C11H13NO4/c13-6-7(14)5-12-10(15)8-3-1-2-4-9(8)11(12)16/h1-4,7,10,13-15H,5-6H2. The molecule has 0 radical (unpaired) electrons. The minimum Gasteiger partial charge on any atom is -0.394 e. The molecule has 1 aliphatic rings. The Labute approximate surface area is 92.6 Å². The van der Waals surface area contributed by atoms with Crippen LogP contribution in [0.5, 0.6) is 0 Å². The highest BCUT2D eigenvalue weighted by molar-refractivity contribution is 5.98. The molecule has 2 atom stereocenters. The van der Waals surface area contributed by atoms with Crippen LogP contribution in [0, 0.1) is 0 Å². The number of β-amino-alcohol motifs (C(OH)–C–C–N with tert-alkyl or cyclic N) is 1. The fourth-order valence-electron chi connectivity index (χ4n) is 1.82. The summed E-state index contributed by atoms with van der Waals surface area (Å²) in [5.41, 5.74) is 0.984. The number of carbonyl (C=O) groups is 1. The van der Waals surface area contributed by atoms with Gasteiger partial charge in [-0.1, -0.05) is 18.2 Å². The summed E-state index contributed by atoms with van der Waals surface area (Å²) in [5.74, 6) is -0.324. The lowest BCUT2D eigenvalue weighted by molar-refractivity contribution is -0.0136. The van der Waals surface area contributed by atoms with E-state index in [-0.39, 0.29) is 12.5 Å². The van der Waals surface area contributed by atoms with Gasteiger partial charge in [-0.25, -0.2) is 0 Å². The second kappa shape index (κ2) is 4.21. The van der Waals surface area contributed by atoms with Crippen LogP contribution in [0.2, 0.25) is 0 Å². The summed E-state index contributed by atoms with van der Waals surface area (Å²) in [6, 6.07) is 6.76. The van der Waals surface area contributed by atoms with Crippen LogP contribution < -0.4 is 0 Å². The molecular formula is C11H13NO4. The molecule has 0 aromatic heterocycles. The molecule has 86 valence electrons. The van der Waals surface area contributed by atoms with Crippen molar-refractivity contribution in [2.75, 3.05) is 13.2 Å². The Morgan fingerprint density at radius 3 is 2.69 bits per heavy atom. The van der Waals surface area contributed by atoms with Crippen LogP contribution in [-0.2, 0) is 0 Å². The molecule has 16 heavy (non-hydrogen) atoms. The summed E-state index contributed by atoms with van der Waals surface area (Å²) in [6.45, 7) is -0.516. The van der Waals surface area contributed by atoms with Gasteiger partial charge in [0, 0.05) is 11.1 Å². The Kier molecular flexibility index (Phi) is 2.91. The fraction of sp³-hybridized carbons (Fsp3) is 0.364. The first kappa shape index (κ1) is 11.1. The molecule has 1 aromatic carbocycles. The minimum absolute atomic E-state index is 0.0782. The maximum atomic E-state index is 11.8. The number of amides is 1. The molecule has 2 unspecified atom stereocenters. The third-order valence-corrected chi connectivity index (χ3v) is 2.64. The molecule has 0 saturated carbocycles. The van der Waals surface area contributed by atoms with Crippen LogP contribution in [0.15, 0.2) is 24.3 Å². The molecule has 0 bridgehead atoms. The molecule has 1 aliphatic heterocycles. The average molecular weight is 223 g/mol. The normalized spacial score (nSPS) is 21.1. The third kappa shape index (κ3) is 1.69. The molecule has 1 aromatic rings. The molecular weight excluding hydrogens is 210 g/mol. The zero-order valence-corrected chi connectivity index (χ0v) is 8.58. The number of aliphatic hydroxyl groups excluding tert-OH is 3. The lowest BCUT2D eigenvalue weighted by Crippen LogP contribution is -2.36. The van der Waals surface area contributed by atoms with Gasteiger partial charge in [0.2, 0.25) is 0 Å². The van der Waals surface area contributed by atoms with E-state index in [0.717, 1.165) is 4.90 Å². The van der Waals surface area contributed by atoms with E-state index in [1.807, 2.05) is 0 Å². The SMILES string of the molecule is O=C1c2ccccc2C(O)N1CC(O)CO. The van der Waals surface area contributed by atoms with E-state index in [9.17, 15) is 15.0 Å². The van der Waals surface area contributed by atoms with Crippen LogP contribution in [-0.4, -0.2) is 45.4 Å². The van der Waals surface area contributed by atoms with Gasteiger partial charge in [0.15, 0.2) is 6.23 Å². The monoisotopic (exact) mass is 223 g/mol. The predicted octanol–water partition coefficient (Wildman–Crippen LogP) is -0.513. The quantitative estimate of drug-likeness (QED) is 0.644. The number of rotatable bonds is 3. The summed E-state index contributed by atoms with van der Waals surface area (Å²) < 4.78 is 0. The van der Waals surface area contributed by atoms with Crippen molar-refractivity contribution in [2.24, 2.45) is 0 Å². The van der Waals surface area contributed by atoms with Gasteiger partial charge in [-0.3, -0.25) is 4.79 Å². The van der Waals surface area contributed by atoms with Crippen LogP contribution in [0.25, 0.3) is 0 Å². The smallest absolute Gasteiger partial charge is 0.256 e. The lowest BCUT2D eigenvalue weighted by atomic mass is 10.1. The van der Waals surface area contributed by atoms with Gasteiger partial charge in [0.1, 0.15) is 0 Å². The maximum absolute atomic E-state index is 11.8. The summed E-state index contributed by atoms with van der Waals surface area (Å²) in [4.78, 5) is 13.0. The number of carbonyl (C=O) groups excluding carboxylic acids is 1. The molecule has 0 aliphatic carbocycles. The fourth-order valence-corrected chi connectivity index (χ4v) is 1.82. The van der Waals surface area contributed by atoms with Crippen LogP contribution in [0.4, 0.5) is 0 Å². The topological polar surface area (TPSA) is 81.0 Å². The number of nitrogens with zero attached hydrogens (tertiary/aromatic N) is 1. The number of hydrogen-bond donors (Lipinski definition) is 3. The van der Waals surface area contributed by atoms with E-state index < -0.39 is 18.9 Å². The van der Waals surface area contributed by atoms with Crippen molar-refractivity contribution in [2.45, 2.75) is 12.3 Å². The van der Waals surface area contributed by atoms with Gasteiger partial charge < -0.3 is 20.2 Å². The summed E-state index contributed by atoms with van der Waals surface area (Å²) in [7, 11) is 0. The van der Waals surface area contributed by atoms with Gasteiger partial charge in [0.05, 0.1) is 19.3 Å². The first-order valence-corrected chi connectivity index (χ1v) is 5.02. The second-order valence-electron chi connectivity index (χ2n) is 3.75. The molecule has 3 N–H and O–H groups in total. The van der Waals surface area contributed by atoms with Crippen molar-refractivity contribution in [3.63, 3.8) is 0 Å². The van der Waals surface area contributed by atoms with E-state index in [4.69, 9.17) is 5.11 Å². The number of hydrogen-bond acceptors (Lipinski definition) is 4. The van der Waals surface area contributed by atoms with E-state index in [2.05, 4.69) is 0 Å². The Morgan fingerprint density at radius 2 is 2.06 bits per heavy atom. The second-order valence-corrected chi connectivity index (χ2v) is 3.75. The van der Waals surface area contributed by atoms with Gasteiger partial charge in [-0.15, -0.1) is 0 Å². The first-order valence-electron chi connectivity index (χ1n) is 5.02. The molecule has 0 saturated heterocycles. The Hall–Kier alpha value is -1.43. The number of fused-ring (bicyclic) bond motifs is 1. The van der Waals surface area contributed by atoms with E-state index in [1.54, 1.807) is 24.3 Å². The Bertz CT molecular complexity index is 407. The maximum Gasteiger partial charge on any atom is 0.256 e. The van der Waals surface area contributed by atoms with Crippen molar-refractivity contribution < 1.29 is 20.1 Å². The van der Waals surface area contributed by atoms with Gasteiger partial charge >= 0.3 is 0 Å². The Morgan fingerprint density at radius 1 is 1.38 bits per heavy atom. The molecule has 0 spiro atoms. The third-order valence-electron chi connectivity index (χ3n) is 2.64. The molecule has 2 rings (SSSR count). The predicted molar refractivity (Wildman–Crippen MR) is 55.5 cm³/mol. The largest absolute Gasteiger partial charge is 0.394 e. The lowest BCUT2D eigenvalue weighted by Gasteiger charge is -2.22. The van der Waals surface area contributed by atoms with Crippen LogP contribution >= 0.6 is 0 Å². The molecule has 1 heterocycles. The van der Waals surface area contributed by atoms with Crippen molar-refractivity contribution >= 4 is 5.91 Å². The van der Waals surface area contributed by atoms with Crippen molar-refractivity contribution in [1.82, 2.24) is 4.90 Å². The Balaban J connectivity index is 2.24. The highest BCUT2D eigenvalue weighted by atomic mass is 16.3. The molecule has 5 nitrogen and oxygen atoms in total. The molecule has 1 amide bonds. The van der Waals surface area contributed by atoms with E-state index in [0.29, 0.717) is 11.1 Å². The van der Waals surface area contributed by atoms with Crippen LogP contribution in [0.1, 0.15) is 22.1 Å². The number of aliphatic hydroxyl groups is 3. The van der Waals surface area contributed by atoms with Gasteiger partial charge in [0.25, 0.3) is 5.91 Å². The summed E-state index contributed by atoms with van der Waals surface area (Å²) in [5, 5.41) is 27.9. The average Bonchev–Trinajstić information content (AvgIpc) is 2.55. The summed E-state index contributed by atoms with van der Waals surface area (Å²) in [6.07, 6.45) is -2.07. The van der Waals surface area contributed by atoms with E-state index in [1.165, 1.54) is 0 Å². The van der Waals surface area contributed by atoms with E-state index >= 15 is 0 Å². The summed E-state index contributed by atoms with van der Waals surface area (Å²) >= 11 is 0. The zero-order chi connectivity index (χ0) is 11.7. The van der Waals surface area contributed by atoms with Crippen LogP contribution in [0.3, 0.4) is 0 Å². The minimum atomic E-state index is -1.04. The number of benzene rings is 1.